The summed E-state index contributed by atoms with van der Waals surface area (Å²) in [4.78, 5) is 15.5. The number of nitrogens with one attached hydrogen (secondary N) is 1. The number of amides is 1. The van der Waals surface area contributed by atoms with E-state index in [0.717, 1.165) is 43.5 Å². The molecule has 6 heteroatoms. The number of hydrogen-bond donors (Lipinski definition) is 1. The summed E-state index contributed by atoms with van der Waals surface area (Å²) in [7, 11) is 1.65. The van der Waals surface area contributed by atoms with Crippen LogP contribution in [0.1, 0.15) is 6.92 Å². The van der Waals surface area contributed by atoms with E-state index in [2.05, 4.69) is 10.2 Å². The molecule has 0 spiro atoms. The highest BCUT2D eigenvalue weighted by molar-refractivity contribution is 8.00. The summed E-state index contributed by atoms with van der Waals surface area (Å²) >= 11 is 1.56. The van der Waals surface area contributed by atoms with E-state index in [1.807, 2.05) is 31.2 Å². The van der Waals surface area contributed by atoms with Crippen LogP contribution >= 0.6 is 11.8 Å². The lowest BCUT2D eigenvalue weighted by atomic mass is 10.3. The molecule has 0 saturated carbocycles. The van der Waals surface area contributed by atoms with Crippen LogP contribution in [0.3, 0.4) is 0 Å². The van der Waals surface area contributed by atoms with E-state index in [9.17, 15) is 4.79 Å². The molecule has 122 valence electrons. The Labute approximate surface area is 136 Å². The van der Waals surface area contributed by atoms with Crippen molar-refractivity contribution in [3.8, 4) is 5.75 Å². The first-order valence-electron chi connectivity index (χ1n) is 7.57. The number of carbonyl (C=O) groups excluding carboxylic acids is 1. The Balaban J connectivity index is 1.69. The molecule has 1 heterocycles. The largest absolute Gasteiger partial charge is 0.497 e. The minimum atomic E-state index is -0.113. The van der Waals surface area contributed by atoms with Crippen molar-refractivity contribution in [1.29, 1.82) is 0 Å². The van der Waals surface area contributed by atoms with Gasteiger partial charge in [-0.3, -0.25) is 9.69 Å². The van der Waals surface area contributed by atoms with Crippen LogP contribution in [0.15, 0.2) is 29.2 Å². The van der Waals surface area contributed by atoms with Crippen LogP contribution < -0.4 is 10.1 Å². The van der Waals surface area contributed by atoms with Gasteiger partial charge in [-0.05, 0) is 31.2 Å². The normalized spacial score (nSPS) is 17.0. The average Bonchev–Trinajstić information content (AvgIpc) is 2.56. The predicted molar refractivity (Wildman–Crippen MR) is 88.6 cm³/mol. The van der Waals surface area contributed by atoms with Crippen LogP contribution in [0.2, 0.25) is 0 Å². The van der Waals surface area contributed by atoms with Crippen LogP contribution in [0.4, 0.5) is 0 Å². The van der Waals surface area contributed by atoms with Gasteiger partial charge in [0.05, 0.1) is 25.6 Å². The van der Waals surface area contributed by atoms with Gasteiger partial charge >= 0.3 is 0 Å². The molecule has 1 unspecified atom stereocenters. The molecule has 0 bridgehead atoms. The Bertz CT molecular complexity index is 461. The lowest BCUT2D eigenvalue weighted by molar-refractivity contribution is -0.120. The molecular formula is C16H24N2O3S. The molecule has 1 atom stereocenters. The highest BCUT2D eigenvalue weighted by atomic mass is 32.2. The first-order chi connectivity index (χ1) is 10.7. The van der Waals surface area contributed by atoms with Crippen molar-refractivity contribution >= 4 is 17.7 Å². The third-order valence-corrected chi connectivity index (χ3v) is 4.68. The number of ether oxygens (including phenoxy) is 2. The van der Waals surface area contributed by atoms with Gasteiger partial charge in [0, 0.05) is 31.1 Å². The average molecular weight is 324 g/mol. The molecule has 5 nitrogen and oxygen atoms in total. The topological polar surface area (TPSA) is 50.8 Å². The van der Waals surface area contributed by atoms with Gasteiger partial charge in [0.2, 0.25) is 5.91 Å². The Morgan fingerprint density at radius 2 is 2.05 bits per heavy atom. The van der Waals surface area contributed by atoms with Crippen molar-refractivity contribution in [1.82, 2.24) is 10.2 Å². The minimum Gasteiger partial charge on any atom is -0.497 e. The Hall–Kier alpha value is -1.24. The second-order valence-corrected chi connectivity index (χ2v) is 6.59. The molecular weight excluding hydrogens is 300 g/mol. The zero-order valence-corrected chi connectivity index (χ0v) is 14.0. The first-order valence-corrected chi connectivity index (χ1v) is 8.45. The van der Waals surface area contributed by atoms with E-state index < -0.39 is 0 Å². The van der Waals surface area contributed by atoms with Gasteiger partial charge in [0.15, 0.2) is 0 Å². The van der Waals surface area contributed by atoms with Crippen LogP contribution in [0, 0.1) is 0 Å². The zero-order valence-electron chi connectivity index (χ0n) is 13.2. The second kappa shape index (κ2) is 9.02. The number of benzene rings is 1. The van der Waals surface area contributed by atoms with E-state index in [-0.39, 0.29) is 11.2 Å². The summed E-state index contributed by atoms with van der Waals surface area (Å²) in [6, 6.07) is 7.76. The molecule has 1 aromatic rings. The third-order valence-electron chi connectivity index (χ3n) is 3.57. The van der Waals surface area contributed by atoms with E-state index in [1.165, 1.54) is 0 Å². The van der Waals surface area contributed by atoms with Crippen LogP contribution in [-0.2, 0) is 9.53 Å². The Kier molecular flexibility index (Phi) is 7.02. The maximum Gasteiger partial charge on any atom is 0.233 e. The van der Waals surface area contributed by atoms with Gasteiger partial charge in [-0.25, -0.2) is 0 Å². The standard InChI is InChI=1S/C16H24N2O3S/c1-13(22-15-5-3-14(20-2)4-6-15)16(19)17-7-8-18-9-11-21-12-10-18/h3-6,13H,7-12H2,1-2H3,(H,17,19). The SMILES string of the molecule is COc1ccc(SC(C)C(=O)NCCN2CCOCC2)cc1. The quantitative estimate of drug-likeness (QED) is 0.773. The number of methoxy groups -OCH3 is 1. The number of morpholine rings is 1. The van der Waals surface area contributed by atoms with Gasteiger partial charge in [-0.2, -0.15) is 0 Å². The maximum atomic E-state index is 12.1. The van der Waals surface area contributed by atoms with Crippen molar-refractivity contribution in [2.24, 2.45) is 0 Å². The van der Waals surface area contributed by atoms with Gasteiger partial charge in [-0.15, -0.1) is 11.8 Å². The molecule has 0 aromatic heterocycles. The van der Waals surface area contributed by atoms with Crippen LogP contribution in [0.25, 0.3) is 0 Å². The van der Waals surface area contributed by atoms with Crippen LogP contribution in [0.5, 0.6) is 5.75 Å². The molecule has 1 saturated heterocycles. The Morgan fingerprint density at radius 1 is 1.36 bits per heavy atom. The van der Waals surface area contributed by atoms with Crippen molar-refractivity contribution < 1.29 is 14.3 Å². The van der Waals surface area contributed by atoms with E-state index in [0.29, 0.717) is 6.54 Å². The summed E-state index contributed by atoms with van der Waals surface area (Å²) in [6.45, 7) is 6.98. The van der Waals surface area contributed by atoms with Crippen molar-refractivity contribution in [2.45, 2.75) is 17.1 Å². The Morgan fingerprint density at radius 3 is 2.68 bits per heavy atom. The molecule has 1 aliphatic rings. The fourth-order valence-electron chi connectivity index (χ4n) is 2.22. The summed E-state index contributed by atoms with van der Waals surface area (Å²) in [5, 5.41) is 2.89. The highest BCUT2D eigenvalue weighted by Gasteiger charge is 2.15. The number of rotatable bonds is 7. The van der Waals surface area contributed by atoms with Gasteiger partial charge in [-0.1, -0.05) is 0 Å². The van der Waals surface area contributed by atoms with Crippen molar-refractivity contribution in [3.05, 3.63) is 24.3 Å². The molecule has 0 aliphatic carbocycles. The molecule has 1 N–H and O–H groups in total. The van der Waals surface area contributed by atoms with Crippen molar-refractivity contribution in [3.63, 3.8) is 0 Å². The smallest absolute Gasteiger partial charge is 0.233 e. The fraction of sp³-hybridized carbons (Fsp3) is 0.562. The molecule has 22 heavy (non-hydrogen) atoms. The number of nitrogens with zero attached hydrogens (tertiary/aromatic N) is 1. The maximum absolute atomic E-state index is 12.1. The first kappa shape index (κ1) is 17.1. The number of thioether (sulfide) groups is 1. The molecule has 1 aromatic carbocycles. The fourth-order valence-corrected chi connectivity index (χ4v) is 3.11. The molecule has 1 fully saturated rings. The van der Waals surface area contributed by atoms with E-state index in [4.69, 9.17) is 9.47 Å². The summed E-state index contributed by atoms with van der Waals surface area (Å²) in [5.74, 6) is 0.904. The molecule has 1 aliphatic heterocycles. The lowest BCUT2D eigenvalue weighted by Crippen LogP contribution is -2.42. The summed E-state index contributed by atoms with van der Waals surface area (Å²) in [6.07, 6.45) is 0. The van der Waals surface area contributed by atoms with Crippen LogP contribution in [-0.4, -0.2) is 62.6 Å². The summed E-state index contributed by atoms with van der Waals surface area (Å²) < 4.78 is 10.4. The van der Waals surface area contributed by atoms with Crippen molar-refractivity contribution in [2.75, 3.05) is 46.5 Å². The van der Waals surface area contributed by atoms with Gasteiger partial charge in [0.25, 0.3) is 0 Å². The molecule has 2 rings (SSSR count). The van der Waals surface area contributed by atoms with Gasteiger partial charge < -0.3 is 14.8 Å². The second-order valence-electron chi connectivity index (χ2n) is 5.18. The highest BCUT2D eigenvalue weighted by Crippen LogP contribution is 2.25. The summed E-state index contributed by atoms with van der Waals surface area (Å²) in [5.41, 5.74) is 0. The minimum absolute atomic E-state index is 0.0778. The number of hydrogen-bond acceptors (Lipinski definition) is 5. The monoisotopic (exact) mass is 324 g/mol. The lowest BCUT2D eigenvalue weighted by Gasteiger charge is -2.26. The van der Waals surface area contributed by atoms with E-state index in [1.54, 1.807) is 18.9 Å². The molecule has 0 radical (unpaired) electrons. The van der Waals surface area contributed by atoms with E-state index >= 15 is 0 Å². The van der Waals surface area contributed by atoms with Gasteiger partial charge in [0.1, 0.15) is 5.75 Å². The zero-order chi connectivity index (χ0) is 15.8. The predicted octanol–water partition coefficient (Wildman–Crippen LogP) is 1.62. The third kappa shape index (κ3) is 5.51. The number of carbonyl (C=O) groups is 1. The molecule has 1 amide bonds.